The van der Waals surface area contributed by atoms with Gasteiger partial charge in [0.05, 0.1) is 5.56 Å². The molecule has 1 fully saturated rings. The van der Waals surface area contributed by atoms with Crippen LogP contribution in [0.4, 0.5) is 0 Å². The lowest BCUT2D eigenvalue weighted by Gasteiger charge is -2.28. The first-order chi connectivity index (χ1) is 17.1. The molecule has 1 unspecified atom stereocenters. The second kappa shape index (κ2) is 15.5. The van der Waals surface area contributed by atoms with Crippen LogP contribution >= 0.6 is 0 Å². The number of carbonyl (C=O) groups excluding carboxylic acids is 1. The molecule has 2 aliphatic rings. The van der Waals surface area contributed by atoms with Gasteiger partial charge in [-0.1, -0.05) is 96.8 Å². The smallest absolute Gasteiger partial charge is 0.338 e. The summed E-state index contributed by atoms with van der Waals surface area (Å²) < 4.78 is 5.89. The molecule has 0 amide bonds. The summed E-state index contributed by atoms with van der Waals surface area (Å²) in [7, 11) is 0. The number of benzene rings is 1. The Morgan fingerprint density at radius 2 is 1.57 bits per heavy atom. The van der Waals surface area contributed by atoms with E-state index in [9.17, 15) is 4.79 Å². The molecule has 2 nitrogen and oxygen atoms in total. The molecule has 0 aliphatic heterocycles. The maximum atomic E-state index is 12.7. The fourth-order valence-electron chi connectivity index (χ4n) is 6.20. The first-order valence-corrected chi connectivity index (χ1v) is 15.1. The van der Waals surface area contributed by atoms with Crippen LogP contribution in [-0.4, -0.2) is 12.1 Å². The Balaban J connectivity index is 1.38. The molecule has 3 rings (SSSR count). The molecule has 0 saturated heterocycles. The maximum Gasteiger partial charge on any atom is 0.338 e. The summed E-state index contributed by atoms with van der Waals surface area (Å²) in [5.41, 5.74) is 3.43. The number of ether oxygens (including phenoxy) is 1. The number of carbonyl (C=O) groups is 1. The Morgan fingerprint density at radius 3 is 2.20 bits per heavy atom. The summed E-state index contributed by atoms with van der Waals surface area (Å²) in [5, 5.41) is 0. The molecule has 0 spiro atoms. The van der Waals surface area contributed by atoms with Gasteiger partial charge in [-0.25, -0.2) is 4.79 Å². The quantitative estimate of drug-likeness (QED) is 0.195. The van der Waals surface area contributed by atoms with E-state index >= 15 is 0 Å². The van der Waals surface area contributed by atoms with E-state index in [2.05, 4.69) is 39.0 Å². The fraction of sp³-hybridized carbons (Fsp3) is 0.727. The Bertz CT molecular complexity index is 750. The van der Waals surface area contributed by atoms with Gasteiger partial charge in [0.25, 0.3) is 0 Å². The largest absolute Gasteiger partial charge is 0.459 e. The predicted molar refractivity (Wildman–Crippen MR) is 150 cm³/mol. The highest BCUT2D eigenvalue weighted by molar-refractivity contribution is 5.90. The zero-order valence-electron chi connectivity index (χ0n) is 23.0. The second-order valence-corrected chi connectivity index (χ2v) is 11.5. The lowest BCUT2D eigenvalue weighted by molar-refractivity contribution is 0.0161. The molecule has 1 atom stereocenters. The van der Waals surface area contributed by atoms with E-state index in [0.29, 0.717) is 5.56 Å². The minimum absolute atomic E-state index is 0.108. The third kappa shape index (κ3) is 9.43. The number of unbranched alkanes of at least 4 members (excludes halogenated alkanes) is 4. The van der Waals surface area contributed by atoms with Crippen molar-refractivity contribution in [2.24, 2.45) is 17.8 Å². The summed E-state index contributed by atoms with van der Waals surface area (Å²) in [6, 6.07) is 8.20. The van der Waals surface area contributed by atoms with Gasteiger partial charge in [-0.3, -0.25) is 0 Å². The Labute approximate surface area is 216 Å². The topological polar surface area (TPSA) is 26.3 Å². The van der Waals surface area contributed by atoms with Gasteiger partial charge in [-0.05, 0) is 92.4 Å². The van der Waals surface area contributed by atoms with Crippen molar-refractivity contribution in [2.45, 2.75) is 136 Å². The van der Waals surface area contributed by atoms with E-state index in [0.717, 1.165) is 30.6 Å². The molecule has 0 radical (unpaired) electrons. The number of hydrogen-bond acceptors (Lipinski definition) is 2. The Morgan fingerprint density at radius 1 is 0.857 bits per heavy atom. The summed E-state index contributed by atoms with van der Waals surface area (Å²) in [6.45, 7) is 6.93. The minimum Gasteiger partial charge on any atom is -0.459 e. The average Bonchev–Trinajstić information content (AvgIpc) is 2.90. The molecule has 35 heavy (non-hydrogen) atoms. The number of esters is 1. The van der Waals surface area contributed by atoms with Gasteiger partial charge in [0.1, 0.15) is 6.10 Å². The molecule has 1 aromatic carbocycles. The molecular formula is C33H52O2. The van der Waals surface area contributed by atoms with Crippen LogP contribution in [0.3, 0.4) is 0 Å². The lowest BCUT2D eigenvalue weighted by Crippen LogP contribution is -2.24. The number of hydrogen-bond donors (Lipinski definition) is 0. The molecule has 0 heterocycles. The monoisotopic (exact) mass is 480 g/mol. The van der Waals surface area contributed by atoms with Gasteiger partial charge in [0, 0.05) is 0 Å². The van der Waals surface area contributed by atoms with Crippen LogP contribution < -0.4 is 0 Å². The van der Waals surface area contributed by atoms with Gasteiger partial charge in [0.2, 0.25) is 0 Å². The van der Waals surface area contributed by atoms with Gasteiger partial charge >= 0.3 is 5.97 Å². The van der Waals surface area contributed by atoms with Crippen LogP contribution in [-0.2, 0) is 4.74 Å². The van der Waals surface area contributed by atoms with Crippen molar-refractivity contribution in [3.8, 4) is 0 Å². The standard InChI is InChI=1S/C33H52O2/c1-4-7-8-9-10-11-27-16-24-32(25-17-27)35-33(34)31-22-20-30(21-23-31)29-18-14-28(15-19-29)13-12-26(5-2)6-3/h18,20-23,26-28,32H,4-17,19,24-25H2,1-3H3/t27-,28?,32-. The first-order valence-electron chi connectivity index (χ1n) is 15.1. The molecule has 2 aliphatic carbocycles. The fourth-order valence-corrected chi connectivity index (χ4v) is 6.20. The van der Waals surface area contributed by atoms with Crippen LogP contribution in [0.5, 0.6) is 0 Å². The molecule has 0 aromatic heterocycles. The summed E-state index contributed by atoms with van der Waals surface area (Å²) in [4.78, 5) is 12.7. The van der Waals surface area contributed by atoms with Gasteiger partial charge < -0.3 is 4.74 Å². The van der Waals surface area contributed by atoms with E-state index in [1.165, 1.54) is 107 Å². The van der Waals surface area contributed by atoms with Crippen LogP contribution in [0.15, 0.2) is 30.3 Å². The molecule has 1 saturated carbocycles. The van der Waals surface area contributed by atoms with Crippen molar-refractivity contribution in [2.75, 3.05) is 0 Å². The van der Waals surface area contributed by atoms with E-state index in [-0.39, 0.29) is 12.1 Å². The summed E-state index contributed by atoms with van der Waals surface area (Å²) in [5.74, 6) is 2.46. The number of rotatable bonds is 14. The molecule has 196 valence electrons. The highest BCUT2D eigenvalue weighted by atomic mass is 16.5. The number of allylic oxidation sites excluding steroid dienone is 2. The zero-order valence-corrected chi connectivity index (χ0v) is 23.0. The SMILES string of the molecule is CCCCCCC[C@H]1CC[C@H](OC(=O)c2ccc(C3=CCC(CCC(CC)CC)CC3)cc2)CC1. The molecule has 0 bridgehead atoms. The average molecular weight is 481 g/mol. The third-order valence-electron chi connectivity index (χ3n) is 8.93. The minimum atomic E-state index is -0.140. The van der Waals surface area contributed by atoms with Crippen LogP contribution in [0.1, 0.15) is 146 Å². The van der Waals surface area contributed by atoms with E-state index in [1.54, 1.807) is 0 Å². The molecule has 0 N–H and O–H groups in total. The zero-order chi connectivity index (χ0) is 24.9. The molecular weight excluding hydrogens is 428 g/mol. The summed E-state index contributed by atoms with van der Waals surface area (Å²) in [6.07, 6.45) is 24.3. The Hall–Kier alpha value is -1.57. The van der Waals surface area contributed by atoms with Crippen LogP contribution in [0.2, 0.25) is 0 Å². The van der Waals surface area contributed by atoms with Crippen molar-refractivity contribution in [3.63, 3.8) is 0 Å². The highest BCUT2D eigenvalue weighted by Gasteiger charge is 2.24. The second-order valence-electron chi connectivity index (χ2n) is 11.5. The Kier molecular flexibility index (Phi) is 12.4. The maximum absolute atomic E-state index is 12.7. The van der Waals surface area contributed by atoms with Crippen molar-refractivity contribution in [1.29, 1.82) is 0 Å². The van der Waals surface area contributed by atoms with Crippen molar-refractivity contribution >= 4 is 11.5 Å². The van der Waals surface area contributed by atoms with Crippen molar-refractivity contribution < 1.29 is 9.53 Å². The molecule has 1 aromatic rings. The van der Waals surface area contributed by atoms with Gasteiger partial charge in [0.15, 0.2) is 0 Å². The van der Waals surface area contributed by atoms with Crippen LogP contribution in [0.25, 0.3) is 5.57 Å². The van der Waals surface area contributed by atoms with Crippen LogP contribution in [0, 0.1) is 17.8 Å². The van der Waals surface area contributed by atoms with Crippen molar-refractivity contribution in [1.82, 2.24) is 0 Å². The van der Waals surface area contributed by atoms with Gasteiger partial charge in [-0.15, -0.1) is 0 Å². The normalized spacial score (nSPS) is 22.7. The van der Waals surface area contributed by atoms with Gasteiger partial charge in [-0.2, -0.15) is 0 Å². The third-order valence-corrected chi connectivity index (χ3v) is 8.93. The summed E-state index contributed by atoms with van der Waals surface area (Å²) >= 11 is 0. The molecule has 2 heteroatoms. The van der Waals surface area contributed by atoms with E-state index < -0.39 is 0 Å². The first kappa shape index (κ1) is 28.0. The van der Waals surface area contributed by atoms with E-state index in [4.69, 9.17) is 4.74 Å². The van der Waals surface area contributed by atoms with E-state index in [1.807, 2.05) is 12.1 Å². The predicted octanol–water partition coefficient (Wildman–Crippen LogP) is 10.2. The highest BCUT2D eigenvalue weighted by Crippen LogP contribution is 2.34. The lowest BCUT2D eigenvalue weighted by atomic mass is 9.82. The van der Waals surface area contributed by atoms with Crippen molar-refractivity contribution in [3.05, 3.63) is 41.5 Å².